The molecule has 2 atom stereocenters. The van der Waals surface area contributed by atoms with Gasteiger partial charge in [-0.15, -0.1) is 0 Å². The molecule has 0 aromatic heterocycles. The highest BCUT2D eigenvalue weighted by Crippen LogP contribution is 2.22. The summed E-state index contributed by atoms with van der Waals surface area (Å²) in [5.74, 6) is -0.0812. The topological polar surface area (TPSA) is 53.0 Å². The highest BCUT2D eigenvalue weighted by atomic mass is 16.5. The van der Waals surface area contributed by atoms with Gasteiger partial charge in [-0.2, -0.15) is 0 Å². The minimum absolute atomic E-state index is 0.345. The lowest BCUT2D eigenvalue weighted by atomic mass is 9.95. The summed E-state index contributed by atoms with van der Waals surface area (Å²) < 4.78 is 5.83. The smallest absolute Gasteiger partial charge is 0.335 e. The number of aromatic carboxylic acids is 1. The lowest BCUT2D eigenvalue weighted by molar-refractivity contribution is -0.0732. The number of hydrogen-bond acceptors (Lipinski definition) is 4. The molecule has 0 aliphatic carbocycles. The monoisotopic (exact) mass is 346 g/mol. The average Bonchev–Trinajstić information content (AvgIpc) is 2.56. The van der Waals surface area contributed by atoms with Crippen LogP contribution in [0.4, 0.5) is 0 Å². The molecule has 2 unspecified atom stereocenters. The van der Waals surface area contributed by atoms with Crippen LogP contribution in [0, 0.1) is 5.92 Å². The predicted molar refractivity (Wildman–Crippen MR) is 97.9 cm³/mol. The van der Waals surface area contributed by atoms with Crippen LogP contribution in [-0.2, 0) is 11.3 Å². The largest absolute Gasteiger partial charge is 0.478 e. The fraction of sp³-hybridized carbons (Fsp3) is 0.650. The number of carbonyl (C=O) groups is 1. The van der Waals surface area contributed by atoms with E-state index >= 15 is 0 Å². The van der Waals surface area contributed by atoms with Crippen molar-refractivity contribution in [2.75, 3.05) is 32.7 Å². The molecule has 138 valence electrons. The molecule has 5 heteroatoms. The van der Waals surface area contributed by atoms with E-state index in [4.69, 9.17) is 9.84 Å². The van der Waals surface area contributed by atoms with Gasteiger partial charge < -0.3 is 9.84 Å². The molecule has 3 rings (SSSR count). The standard InChI is InChI=1S/C20H30N2O3/c1-15-11-22(12-16(2)25-15)14-18-7-9-21(10-8-18)13-17-3-5-19(6-4-17)20(23)24/h3-6,15-16,18H,7-14H2,1-2H3,(H,23,24). The van der Waals surface area contributed by atoms with E-state index in [0.717, 1.165) is 38.6 Å². The van der Waals surface area contributed by atoms with Crippen molar-refractivity contribution in [1.82, 2.24) is 9.80 Å². The van der Waals surface area contributed by atoms with Gasteiger partial charge in [0, 0.05) is 26.2 Å². The number of carboxylic acid groups (broad SMARTS) is 1. The van der Waals surface area contributed by atoms with Crippen LogP contribution in [0.3, 0.4) is 0 Å². The van der Waals surface area contributed by atoms with Crippen LogP contribution in [0.5, 0.6) is 0 Å². The molecule has 0 amide bonds. The molecule has 0 saturated carbocycles. The third-order valence-electron chi connectivity index (χ3n) is 5.33. The molecule has 2 heterocycles. The number of benzene rings is 1. The number of rotatable bonds is 5. The Bertz CT molecular complexity index is 557. The second-order valence-electron chi connectivity index (χ2n) is 7.70. The van der Waals surface area contributed by atoms with Gasteiger partial charge in [0.15, 0.2) is 0 Å². The zero-order chi connectivity index (χ0) is 17.8. The molecule has 25 heavy (non-hydrogen) atoms. The summed E-state index contributed by atoms with van der Waals surface area (Å²) in [5, 5.41) is 8.97. The van der Waals surface area contributed by atoms with Crippen molar-refractivity contribution in [3.05, 3.63) is 35.4 Å². The number of carboxylic acids is 1. The van der Waals surface area contributed by atoms with Gasteiger partial charge in [0.25, 0.3) is 0 Å². The predicted octanol–water partition coefficient (Wildman–Crippen LogP) is 2.71. The van der Waals surface area contributed by atoms with Gasteiger partial charge in [-0.1, -0.05) is 12.1 Å². The Morgan fingerprint density at radius 1 is 1.08 bits per heavy atom. The van der Waals surface area contributed by atoms with Crippen molar-refractivity contribution in [1.29, 1.82) is 0 Å². The number of likely N-dealkylation sites (tertiary alicyclic amines) is 1. The first-order chi connectivity index (χ1) is 12.0. The van der Waals surface area contributed by atoms with E-state index < -0.39 is 5.97 Å². The van der Waals surface area contributed by atoms with E-state index in [9.17, 15) is 4.79 Å². The first-order valence-corrected chi connectivity index (χ1v) is 9.42. The molecule has 0 spiro atoms. The van der Waals surface area contributed by atoms with E-state index in [1.165, 1.54) is 24.9 Å². The Kier molecular flexibility index (Phi) is 6.10. The van der Waals surface area contributed by atoms with Crippen LogP contribution in [-0.4, -0.2) is 65.8 Å². The van der Waals surface area contributed by atoms with Crippen molar-refractivity contribution in [3.8, 4) is 0 Å². The molecular weight excluding hydrogens is 316 g/mol. The minimum atomic E-state index is -0.862. The number of nitrogens with zero attached hydrogens (tertiary/aromatic N) is 2. The summed E-state index contributed by atoms with van der Waals surface area (Å²) in [4.78, 5) is 16.0. The summed E-state index contributed by atoms with van der Waals surface area (Å²) in [6.07, 6.45) is 3.18. The lowest BCUT2D eigenvalue weighted by Gasteiger charge is -2.39. The second-order valence-corrected chi connectivity index (χ2v) is 7.70. The van der Waals surface area contributed by atoms with Crippen molar-refractivity contribution < 1.29 is 14.6 Å². The highest BCUT2D eigenvalue weighted by molar-refractivity contribution is 5.87. The molecule has 2 fully saturated rings. The zero-order valence-corrected chi connectivity index (χ0v) is 15.4. The Morgan fingerprint density at radius 2 is 1.68 bits per heavy atom. The molecule has 0 radical (unpaired) electrons. The molecular formula is C20H30N2O3. The molecule has 1 N–H and O–H groups in total. The van der Waals surface area contributed by atoms with Crippen LogP contribution >= 0.6 is 0 Å². The highest BCUT2D eigenvalue weighted by Gasteiger charge is 2.26. The Balaban J connectivity index is 1.43. The minimum Gasteiger partial charge on any atom is -0.478 e. The van der Waals surface area contributed by atoms with Gasteiger partial charge in [-0.3, -0.25) is 9.80 Å². The molecule has 0 bridgehead atoms. The van der Waals surface area contributed by atoms with Gasteiger partial charge in [-0.25, -0.2) is 4.79 Å². The van der Waals surface area contributed by atoms with E-state index in [1.54, 1.807) is 12.1 Å². The third kappa shape index (κ3) is 5.27. The summed E-state index contributed by atoms with van der Waals surface area (Å²) in [7, 11) is 0. The summed E-state index contributed by atoms with van der Waals surface area (Å²) in [5.41, 5.74) is 1.55. The van der Waals surface area contributed by atoms with Crippen LogP contribution in [0.2, 0.25) is 0 Å². The Hall–Kier alpha value is -1.43. The van der Waals surface area contributed by atoms with Crippen molar-refractivity contribution in [2.24, 2.45) is 5.92 Å². The normalized spacial score (nSPS) is 26.6. The fourth-order valence-corrected chi connectivity index (χ4v) is 4.14. The fourth-order valence-electron chi connectivity index (χ4n) is 4.14. The van der Waals surface area contributed by atoms with Gasteiger partial charge in [0.05, 0.1) is 17.8 Å². The second kappa shape index (κ2) is 8.30. The van der Waals surface area contributed by atoms with Crippen LogP contribution in [0.15, 0.2) is 24.3 Å². The molecule has 1 aromatic carbocycles. The lowest BCUT2D eigenvalue weighted by Crippen LogP contribution is -2.48. The molecule has 2 aliphatic rings. The number of piperidine rings is 1. The van der Waals surface area contributed by atoms with Crippen LogP contribution in [0.1, 0.15) is 42.6 Å². The summed E-state index contributed by atoms with van der Waals surface area (Å²) >= 11 is 0. The maximum absolute atomic E-state index is 10.9. The number of ether oxygens (including phenoxy) is 1. The first kappa shape index (κ1) is 18.4. The van der Waals surface area contributed by atoms with E-state index in [-0.39, 0.29) is 0 Å². The van der Waals surface area contributed by atoms with Crippen molar-refractivity contribution in [2.45, 2.75) is 45.4 Å². The quantitative estimate of drug-likeness (QED) is 0.888. The van der Waals surface area contributed by atoms with Gasteiger partial charge in [0.1, 0.15) is 0 Å². The maximum atomic E-state index is 10.9. The van der Waals surface area contributed by atoms with E-state index in [1.807, 2.05) is 12.1 Å². The molecule has 2 saturated heterocycles. The summed E-state index contributed by atoms with van der Waals surface area (Å²) in [6, 6.07) is 7.27. The third-order valence-corrected chi connectivity index (χ3v) is 5.33. The zero-order valence-electron chi connectivity index (χ0n) is 15.4. The Morgan fingerprint density at radius 3 is 2.24 bits per heavy atom. The molecule has 5 nitrogen and oxygen atoms in total. The van der Waals surface area contributed by atoms with Gasteiger partial charge in [-0.05, 0) is 63.4 Å². The molecule has 2 aliphatic heterocycles. The molecule has 1 aromatic rings. The SMILES string of the molecule is CC1CN(CC2CCN(Cc3ccc(C(=O)O)cc3)CC2)CC(C)O1. The number of morpholine rings is 1. The summed E-state index contributed by atoms with van der Waals surface area (Å²) in [6.45, 7) is 10.8. The van der Waals surface area contributed by atoms with E-state index in [0.29, 0.717) is 17.8 Å². The van der Waals surface area contributed by atoms with Crippen molar-refractivity contribution >= 4 is 5.97 Å². The first-order valence-electron chi connectivity index (χ1n) is 9.42. The van der Waals surface area contributed by atoms with E-state index in [2.05, 4.69) is 23.6 Å². The van der Waals surface area contributed by atoms with Gasteiger partial charge in [0.2, 0.25) is 0 Å². The van der Waals surface area contributed by atoms with Crippen LogP contribution in [0.25, 0.3) is 0 Å². The van der Waals surface area contributed by atoms with Gasteiger partial charge >= 0.3 is 5.97 Å². The maximum Gasteiger partial charge on any atom is 0.335 e. The Labute approximate surface area is 150 Å². The van der Waals surface area contributed by atoms with Crippen LogP contribution < -0.4 is 0 Å². The van der Waals surface area contributed by atoms with Crippen molar-refractivity contribution in [3.63, 3.8) is 0 Å². The average molecular weight is 346 g/mol. The number of hydrogen-bond donors (Lipinski definition) is 1.